The summed E-state index contributed by atoms with van der Waals surface area (Å²) in [4.78, 5) is 15.0. The number of nitrogens with one attached hydrogen (secondary N) is 1. The molecule has 0 aliphatic heterocycles. The van der Waals surface area contributed by atoms with Crippen molar-refractivity contribution in [1.82, 2.24) is 9.55 Å². The molecule has 4 nitrogen and oxygen atoms in total. The first-order valence-corrected chi connectivity index (χ1v) is 9.28. The van der Waals surface area contributed by atoms with Crippen LogP contribution in [0.3, 0.4) is 0 Å². The second-order valence-electron chi connectivity index (χ2n) is 5.87. The van der Waals surface area contributed by atoms with Crippen molar-refractivity contribution in [1.29, 1.82) is 0 Å². The lowest BCUT2D eigenvalue weighted by molar-refractivity contribution is -0.143. The van der Waals surface area contributed by atoms with Crippen LogP contribution in [0, 0.1) is 10.6 Å². The van der Waals surface area contributed by atoms with Gasteiger partial charge in [0.25, 0.3) is 0 Å². The van der Waals surface area contributed by atoms with E-state index in [-0.39, 0.29) is 18.2 Å². The Bertz CT molecular complexity index is 994. The molecule has 0 atom stereocenters. The van der Waals surface area contributed by atoms with E-state index in [9.17, 15) is 9.18 Å². The van der Waals surface area contributed by atoms with Crippen LogP contribution in [0.2, 0.25) is 5.02 Å². The molecule has 7 heteroatoms. The molecule has 0 amide bonds. The number of benzene rings is 2. The van der Waals surface area contributed by atoms with Gasteiger partial charge in [-0.2, -0.15) is 0 Å². The number of esters is 1. The number of hydrogen-bond acceptors (Lipinski definition) is 3. The molecule has 0 radical (unpaired) electrons. The molecule has 0 unspecified atom stereocenters. The van der Waals surface area contributed by atoms with Crippen molar-refractivity contribution in [3.8, 4) is 22.5 Å². The lowest BCUT2D eigenvalue weighted by Crippen LogP contribution is -2.10. The number of halogens is 2. The predicted molar refractivity (Wildman–Crippen MR) is 107 cm³/mol. The molecule has 3 aromatic rings. The van der Waals surface area contributed by atoms with E-state index in [1.807, 2.05) is 16.7 Å². The lowest BCUT2D eigenvalue weighted by Gasteiger charge is -2.11. The molecule has 0 spiro atoms. The molecule has 0 aliphatic carbocycles. The minimum Gasteiger partial charge on any atom is -0.466 e. The normalized spacial score (nSPS) is 10.8. The monoisotopic (exact) mass is 404 g/mol. The number of carbonyl (C=O) groups is 1. The number of aromatic nitrogens is 2. The van der Waals surface area contributed by atoms with Gasteiger partial charge in [0, 0.05) is 22.7 Å². The minimum absolute atomic E-state index is 0.198. The van der Waals surface area contributed by atoms with Gasteiger partial charge in [-0.05, 0) is 55.5 Å². The molecule has 2 aromatic carbocycles. The first kappa shape index (κ1) is 19.3. The number of ether oxygens (including phenoxy) is 1. The zero-order chi connectivity index (χ0) is 19.4. The fourth-order valence-electron chi connectivity index (χ4n) is 2.85. The highest BCUT2D eigenvalue weighted by Crippen LogP contribution is 2.33. The Balaban J connectivity index is 2.09. The summed E-state index contributed by atoms with van der Waals surface area (Å²) >= 11 is 11.5. The van der Waals surface area contributed by atoms with E-state index >= 15 is 0 Å². The molecule has 0 bridgehead atoms. The quantitative estimate of drug-likeness (QED) is 0.428. The van der Waals surface area contributed by atoms with E-state index < -0.39 is 0 Å². The number of aromatic amines is 1. The summed E-state index contributed by atoms with van der Waals surface area (Å²) in [6.45, 7) is 2.47. The Kier molecular flexibility index (Phi) is 6.08. The van der Waals surface area contributed by atoms with E-state index in [2.05, 4.69) is 4.98 Å². The Labute approximate surface area is 166 Å². The molecule has 0 aliphatic rings. The van der Waals surface area contributed by atoms with Gasteiger partial charge in [0.05, 0.1) is 24.4 Å². The van der Waals surface area contributed by atoms with E-state index in [0.29, 0.717) is 22.9 Å². The third-order valence-electron chi connectivity index (χ3n) is 4.08. The molecule has 0 saturated heterocycles. The summed E-state index contributed by atoms with van der Waals surface area (Å²) in [6, 6.07) is 13.5. The van der Waals surface area contributed by atoms with Gasteiger partial charge in [0.15, 0.2) is 4.77 Å². The van der Waals surface area contributed by atoms with Crippen LogP contribution in [0.25, 0.3) is 22.5 Å². The number of nitrogens with zero attached hydrogens (tertiary/aromatic N) is 1. The highest BCUT2D eigenvalue weighted by molar-refractivity contribution is 7.71. The third kappa shape index (κ3) is 4.46. The first-order valence-electron chi connectivity index (χ1n) is 8.50. The number of imidazole rings is 1. The Morgan fingerprint density at radius 2 is 1.78 bits per heavy atom. The van der Waals surface area contributed by atoms with Crippen LogP contribution in [-0.2, 0) is 16.1 Å². The molecule has 0 saturated carbocycles. The predicted octanol–water partition coefficient (Wildman–Crippen LogP) is 5.63. The second kappa shape index (κ2) is 8.50. The standard InChI is InChI=1S/C20H18ClFN2O2S/c1-2-26-17(25)11-12-24-19(14-3-7-15(21)8-4-14)18(23-20(24)27)13-5-9-16(22)10-6-13/h3-10H,2,11-12H2,1H3,(H,23,27). The number of carbonyl (C=O) groups excluding carboxylic acids is 1. The maximum absolute atomic E-state index is 13.3. The van der Waals surface area contributed by atoms with Crippen LogP contribution < -0.4 is 0 Å². The summed E-state index contributed by atoms with van der Waals surface area (Å²) in [7, 11) is 0. The number of rotatable bonds is 6. The number of H-pyrrole nitrogens is 1. The zero-order valence-corrected chi connectivity index (χ0v) is 16.2. The van der Waals surface area contributed by atoms with Gasteiger partial charge < -0.3 is 14.3 Å². The molecular formula is C20H18ClFN2O2S. The van der Waals surface area contributed by atoms with Crippen LogP contribution in [0.4, 0.5) is 4.39 Å². The van der Waals surface area contributed by atoms with Crippen molar-refractivity contribution in [2.75, 3.05) is 6.61 Å². The van der Waals surface area contributed by atoms with Crippen LogP contribution in [-0.4, -0.2) is 22.1 Å². The fourth-order valence-corrected chi connectivity index (χ4v) is 3.26. The molecule has 3 rings (SSSR count). The van der Waals surface area contributed by atoms with Crippen molar-refractivity contribution in [3.63, 3.8) is 0 Å². The largest absolute Gasteiger partial charge is 0.466 e. The highest BCUT2D eigenvalue weighted by Gasteiger charge is 2.17. The van der Waals surface area contributed by atoms with E-state index in [0.717, 1.165) is 22.5 Å². The Hall–Kier alpha value is -2.44. The van der Waals surface area contributed by atoms with Gasteiger partial charge >= 0.3 is 5.97 Å². The van der Waals surface area contributed by atoms with Gasteiger partial charge in [-0.15, -0.1) is 0 Å². The SMILES string of the molecule is CCOC(=O)CCn1c(-c2ccc(Cl)cc2)c(-c2ccc(F)cc2)[nH]c1=S. The summed E-state index contributed by atoms with van der Waals surface area (Å²) in [5.74, 6) is -0.599. The Morgan fingerprint density at radius 1 is 1.15 bits per heavy atom. The van der Waals surface area contributed by atoms with Gasteiger partial charge in [-0.25, -0.2) is 4.39 Å². The van der Waals surface area contributed by atoms with Gasteiger partial charge in [0.1, 0.15) is 5.82 Å². The van der Waals surface area contributed by atoms with Crippen LogP contribution in [0.1, 0.15) is 13.3 Å². The van der Waals surface area contributed by atoms with Crippen molar-refractivity contribution < 1.29 is 13.9 Å². The van der Waals surface area contributed by atoms with Gasteiger partial charge in [-0.1, -0.05) is 23.7 Å². The smallest absolute Gasteiger partial charge is 0.307 e. The van der Waals surface area contributed by atoms with Crippen molar-refractivity contribution in [2.45, 2.75) is 19.9 Å². The topological polar surface area (TPSA) is 47.0 Å². The van der Waals surface area contributed by atoms with Crippen LogP contribution in [0.5, 0.6) is 0 Å². The average Bonchev–Trinajstić information content (AvgIpc) is 2.98. The lowest BCUT2D eigenvalue weighted by atomic mass is 10.0. The molecule has 1 heterocycles. The summed E-state index contributed by atoms with van der Waals surface area (Å²) in [5, 5.41) is 0.620. The van der Waals surface area contributed by atoms with E-state index in [4.69, 9.17) is 28.6 Å². The maximum Gasteiger partial charge on any atom is 0.307 e. The maximum atomic E-state index is 13.3. The molecule has 1 N–H and O–H groups in total. The van der Waals surface area contributed by atoms with Crippen molar-refractivity contribution >= 4 is 29.8 Å². The summed E-state index contributed by atoms with van der Waals surface area (Å²) in [6.07, 6.45) is 0.198. The van der Waals surface area contributed by atoms with Gasteiger partial charge in [-0.3, -0.25) is 4.79 Å². The molecule has 27 heavy (non-hydrogen) atoms. The van der Waals surface area contributed by atoms with E-state index in [1.54, 1.807) is 31.2 Å². The Morgan fingerprint density at radius 3 is 2.41 bits per heavy atom. The average molecular weight is 405 g/mol. The van der Waals surface area contributed by atoms with Crippen LogP contribution >= 0.6 is 23.8 Å². The third-order valence-corrected chi connectivity index (χ3v) is 4.65. The van der Waals surface area contributed by atoms with Gasteiger partial charge in [0.2, 0.25) is 0 Å². The van der Waals surface area contributed by atoms with Crippen molar-refractivity contribution in [3.05, 3.63) is 64.1 Å². The fraction of sp³-hybridized carbons (Fsp3) is 0.200. The zero-order valence-electron chi connectivity index (χ0n) is 14.7. The molecule has 1 aromatic heterocycles. The van der Waals surface area contributed by atoms with Crippen LogP contribution in [0.15, 0.2) is 48.5 Å². The highest BCUT2D eigenvalue weighted by atomic mass is 35.5. The molecule has 0 fully saturated rings. The van der Waals surface area contributed by atoms with Crippen molar-refractivity contribution in [2.24, 2.45) is 0 Å². The van der Waals surface area contributed by atoms with E-state index in [1.165, 1.54) is 12.1 Å². The summed E-state index contributed by atoms with van der Waals surface area (Å²) in [5.41, 5.74) is 3.25. The summed E-state index contributed by atoms with van der Waals surface area (Å²) < 4.78 is 20.7. The molecular weight excluding hydrogens is 387 g/mol. The number of hydrogen-bond donors (Lipinski definition) is 1. The minimum atomic E-state index is -0.313. The molecule has 140 valence electrons. The second-order valence-corrected chi connectivity index (χ2v) is 6.70. The first-order chi connectivity index (χ1) is 13.0.